The van der Waals surface area contributed by atoms with Crippen LogP contribution in [-0.2, 0) is 16.4 Å². The molecule has 0 radical (unpaired) electrons. The normalized spacial score (nSPS) is 16.2. The van der Waals surface area contributed by atoms with E-state index in [0.29, 0.717) is 42.9 Å². The zero-order valence-corrected chi connectivity index (χ0v) is 21.6. The van der Waals surface area contributed by atoms with Gasteiger partial charge in [0, 0.05) is 42.7 Å². The molecule has 1 aromatic heterocycles. The van der Waals surface area contributed by atoms with Crippen LogP contribution in [0.25, 0.3) is 6.08 Å². The highest BCUT2D eigenvalue weighted by molar-refractivity contribution is 7.88. The second-order valence-electron chi connectivity index (χ2n) is 9.51. The largest absolute Gasteiger partial charge is 0.493 e. The van der Waals surface area contributed by atoms with E-state index in [0.717, 1.165) is 36.1 Å². The predicted octanol–water partition coefficient (Wildman–Crippen LogP) is 5.16. The maximum atomic E-state index is 14.9. The van der Waals surface area contributed by atoms with Gasteiger partial charge in [0.15, 0.2) is 11.6 Å². The summed E-state index contributed by atoms with van der Waals surface area (Å²) >= 11 is 0. The Morgan fingerprint density at radius 2 is 1.97 bits per heavy atom. The van der Waals surface area contributed by atoms with Crippen LogP contribution in [0.1, 0.15) is 30.9 Å². The van der Waals surface area contributed by atoms with E-state index in [1.165, 1.54) is 10.6 Å². The third-order valence-electron chi connectivity index (χ3n) is 6.56. The summed E-state index contributed by atoms with van der Waals surface area (Å²) in [5.41, 5.74) is 3.36. The lowest BCUT2D eigenvalue weighted by molar-refractivity contribution is 0.186. The Morgan fingerprint density at radius 1 is 1.16 bits per heavy atom. The number of ether oxygens (including phenoxy) is 2. The number of piperidine rings is 1. The van der Waals surface area contributed by atoms with Crippen molar-refractivity contribution >= 4 is 27.7 Å². The monoisotopic (exact) mass is 524 g/mol. The van der Waals surface area contributed by atoms with Gasteiger partial charge >= 0.3 is 0 Å². The molecule has 2 aromatic carbocycles. The average Bonchev–Trinajstić information content (AvgIpc) is 3.26. The summed E-state index contributed by atoms with van der Waals surface area (Å²) in [5, 5.41) is 3.13. The van der Waals surface area contributed by atoms with Crippen LogP contribution in [-0.4, -0.2) is 48.6 Å². The van der Waals surface area contributed by atoms with Crippen molar-refractivity contribution in [2.24, 2.45) is 5.92 Å². The van der Waals surface area contributed by atoms with Crippen LogP contribution in [0, 0.1) is 11.7 Å². The number of aromatic nitrogens is 2. The molecule has 37 heavy (non-hydrogen) atoms. The van der Waals surface area contributed by atoms with Crippen molar-refractivity contribution in [2.45, 2.75) is 26.2 Å². The van der Waals surface area contributed by atoms with E-state index in [9.17, 15) is 12.8 Å². The number of halogens is 1. The molecule has 1 N–H and O–H groups in total. The summed E-state index contributed by atoms with van der Waals surface area (Å²) in [4.78, 5) is 8.61. The van der Waals surface area contributed by atoms with Gasteiger partial charge in [-0.05, 0) is 55.9 Å². The van der Waals surface area contributed by atoms with Gasteiger partial charge < -0.3 is 14.8 Å². The number of nitrogens with zero attached hydrogens (tertiary/aromatic N) is 3. The van der Waals surface area contributed by atoms with Gasteiger partial charge in [-0.15, -0.1) is 0 Å². The standard InChI is InChI=1S/C27H29FN4O4S/c1-18-14-20-6-7-24(26(28)23(20)15-18)36-25-8-11-29-27(31-25)30-21-4-3-5-22(16-21)35-17-19-9-12-32(13-10-19)37(2,33)34/h3-8,11,15-16,19H,9-10,12-14,17H2,1-2H3,(H,29,30,31). The number of hydrogen-bond acceptors (Lipinski definition) is 7. The highest BCUT2D eigenvalue weighted by Gasteiger charge is 2.25. The highest BCUT2D eigenvalue weighted by atomic mass is 32.2. The molecule has 0 bridgehead atoms. The first kappa shape index (κ1) is 25.2. The first-order valence-corrected chi connectivity index (χ1v) is 14.0. The molecule has 1 aliphatic heterocycles. The fraction of sp³-hybridized carbons (Fsp3) is 0.333. The number of hydrogen-bond donors (Lipinski definition) is 1. The first-order valence-electron chi connectivity index (χ1n) is 12.2. The molecule has 194 valence electrons. The molecule has 0 spiro atoms. The van der Waals surface area contributed by atoms with Gasteiger partial charge in [-0.25, -0.2) is 22.1 Å². The topological polar surface area (TPSA) is 93.6 Å². The van der Waals surface area contributed by atoms with Crippen molar-refractivity contribution < 1.29 is 22.3 Å². The van der Waals surface area contributed by atoms with E-state index >= 15 is 0 Å². The van der Waals surface area contributed by atoms with Crippen LogP contribution in [0.15, 0.2) is 54.2 Å². The van der Waals surface area contributed by atoms with Gasteiger partial charge in [0.1, 0.15) is 5.75 Å². The molecule has 1 fully saturated rings. The third-order valence-corrected chi connectivity index (χ3v) is 7.86. The number of allylic oxidation sites excluding steroid dienone is 1. The molecular formula is C27H29FN4O4S. The molecule has 1 saturated heterocycles. The number of rotatable bonds is 8. The number of fused-ring (bicyclic) bond motifs is 1. The van der Waals surface area contributed by atoms with Crippen LogP contribution in [0.5, 0.6) is 17.4 Å². The smallest absolute Gasteiger partial charge is 0.230 e. The summed E-state index contributed by atoms with van der Waals surface area (Å²) in [6.07, 6.45) is 6.93. The lowest BCUT2D eigenvalue weighted by atomic mass is 9.99. The molecule has 0 unspecified atom stereocenters. The Morgan fingerprint density at radius 3 is 2.76 bits per heavy atom. The van der Waals surface area contributed by atoms with Crippen LogP contribution in [0.3, 0.4) is 0 Å². The van der Waals surface area contributed by atoms with Gasteiger partial charge in [-0.2, -0.15) is 4.98 Å². The lowest BCUT2D eigenvalue weighted by Gasteiger charge is -2.30. The van der Waals surface area contributed by atoms with E-state index in [4.69, 9.17) is 9.47 Å². The minimum atomic E-state index is -3.14. The number of sulfonamides is 1. The van der Waals surface area contributed by atoms with Crippen LogP contribution in [0.2, 0.25) is 0 Å². The maximum Gasteiger partial charge on any atom is 0.230 e. The van der Waals surface area contributed by atoms with Gasteiger partial charge in [0.05, 0.1) is 12.9 Å². The van der Waals surface area contributed by atoms with E-state index in [-0.39, 0.29) is 11.6 Å². The maximum absolute atomic E-state index is 14.9. The SMILES string of the molecule is CC1=Cc2c(ccc(Oc3ccnc(Nc4cccc(OCC5CCN(S(C)(=O)=O)CC5)c4)n3)c2F)C1. The molecule has 2 heterocycles. The summed E-state index contributed by atoms with van der Waals surface area (Å²) in [6.45, 7) is 3.54. The van der Waals surface area contributed by atoms with Crippen LogP contribution < -0.4 is 14.8 Å². The van der Waals surface area contributed by atoms with Gasteiger partial charge in [-0.3, -0.25) is 0 Å². The zero-order chi connectivity index (χ0) is 26.0. The number of nitrogens with one attached hydrogen (secondary N) is 1. The number of benzene rings is 2. The minimum Gasteiger partial charge on any atom is -0.493 e. The molecule has 3 aromatic rings. The van der Waals surface area contributed by atoms with Gasteiger partial charge in [-0.1, -0.05) is 23.8 Å². The van der Waals surface area contributed by atoms with Crippen molar-refractivity contribution in [2.75, 3.05) is 31.3 Å². The van der Waals surface area contributed by atoms with Crippen LogP contribution in [0.4, 0.5) is 16.0 Å². The van der Waals surface area contributed by atoms with E-state index in [1.54, 1.807) is 18.3 Å². The highest BCUT2D eigenvalue weighted by Crippen LogP contribution is 2.34. The molecular weight excluding hydrogens is 495 g/mol. The summed E-state index contributed by atoms with van der Waals surface area (Å²) in [5.74, 6) is 1.24. The molecule has 0 amide bonds. The summed E-state index contributed by atoms with van der Waals surface area (Å²) in [6, 6.07) is 12.5. The Hall–Kier alpha value is -3.50. The second kappa shape index (κ2) is 10.5. The molecule has 1 aliphatic carbocycles. The van der Waals surface area contributed by atoms with Gasteiger partial charge in [0.2, 0.25) is 21.9 Å². The Bertz CT molecular complexity index is 1440. The fourth-order valence-electron chi connectivity index (χ4n) is 4.59. The Labute approximate surface area is 216 Å². The van der Waals surface area contributed by atoms with Crippen molar-refractivity contribution in [1.29, 1.82) is 0 Å². The van der Waals surface area contributed by atoms with Gasteiger partial charge in [0.25, 0.3) is 0 Å². The fourth-order valence-corrected chi connectivity index (χ4v) is 5.46. The summed E-state index contributed by atoms with van der Waals surface area (Å²) in [7, 11) is -3.14. The first-order chi connectivity index (χ1) is 17.7. The van der Waals surface area contributed by atoms with E-state index < -0.39 is 15.8 Å². The third kappa shape index (κ3) is 6.08. The molecule has 5 rings (SSSR count). The predicted molar refractivity (Wildman–Crippen MR) is 140 cm³/mol. The number of anilines is 2. The Kier molecular flexibility index (Phi) is 7.12. The van der Waals surface area contributed by atoms with E-state index in [1.807, 2.05) is 43.3 Å². The quantitative estimate of drug-likeness (QED) is 0.435. The summed E-state index contributed by atoms with van der Waals surface area (Å²) < 4.78 is 51.6. The average molecular weight is 525 g/mol. The van der Waals surface area contributed by atoms with Crippen molar-refractivity contribution in [3.8, 4) is 17.4 Å². The van der Waals surface area contributed by atoms with E-state index in [2.05, 4.69) is 15.3 Å². The molecule has 8 nitrogen and oxygen atoms in total. The molecule has 2 aliphatic rings. The molecule has 0 atom stereocenters. The zero-order valence-electron chi connectivity index (χ0n) is 20.8. The minimum absolute atomic E-state index is 0.118. The van der Waals surface area contributed by atoms with Crippen molar-refractivity contribution in [3.05, 3.63) is 71.2 Å². The Balaban J connectivity index is 1.20. The van der Waals surface area contributed by atoms with Crippen molar-refractivity contribution in [1.82, 2.24) is 14.3 Å². The molecule has 0 saturated carbocycles. The van der Waals surface area contributed by atoms with Crippen LogP contribution >= 0.6 is 0 Å². The lowest BCUT2D eigenvalue weighted by Crippen LogP contribution is -2.39. The molecule has 10 heteroatoms. The second-order valence-corrected chi connectivity index (χ2v) is 11.5. The van der Waals surface area contributed by atoms with Crippen molar-refractivity contribution in [3.63, 3.8) is 0 Å².